The first-order chi connectivity index (χ1) is 19.0. The van der Waals surface area contributed by atoms with Gasteiger partial charge in [0.05, 0.1) is 17.7 Å². The summed E-state index contributed by atoms with van der Waals surface area (Å²) in [4.78, 5) is 88.5. The first-order valence-electron chi connectivity index (χ1n) is 12.5. The Kier molecular flexibility index (Phi) is 8.32. The van der Waals surface area contributed by atoms with Gasteiger partial charge in [-0.1, -0.05) is 12.1 Å². The van der Waals surface area contributed by atoms with Crippen molar-refractivity contribution in [3.8, 4) is 0 Å². The second-order valence-corrected chi connectivity index (χ2v) is 10.7. The Hall–Kier alpha value is -4.14. The number of fused-ring (bicyclic) bond motifs is 2. The molecular weight excluding hydrogens is 548 g/mol. The normalized spacial score (nSPS) is 24.0. The fraction of sp³-hybridized carbons (Fsp3) is 0.480. The average Bonchev–Trinajstić information content (AvgIpc) is 3.17. The first kappa shape index (κ1) is 28.9. The van der Waals surface area contributed by atoms with E-state index in [1.165, 1.54) is 28.8 Å². The van der Waals surface area contributed by atoms with Crippen LogP contribution in [0.15, 0.2) is 24.3 Å². The number of carbonyl (C=O) groups is 7. The maximum absolute atomic E-state index is 12.8. The predicted molar refractivity (Wildman–Crippen MR) is 137 cm³/mol. The summed E-state index contributed by atoms with van der Waals surface area (Å²) in [5.41, 5.74) is 4.01. The van der Waals surface area contributed by atoms with Crippen molar-refractivity contribution >= 4 is 53.4 Å². The lowest BCUT2D eigenvalue weighted by Crippen LogP contribution is -2.74. The van der Waals surface area contributed by atoms with Crippen molar-refractivity contribution in [1.29, 1.82) is 0 Å². The van der Waals surface area contributed by atoms with Gasteiger partial charge in [-0.05, 0) is 31.9 Å². The van der Waals surface area contributed by atoms with E-state index in [9.17, 15) is 38.7 Å². The van der Waals surface area contributed by atoms with E-state index in [1.54, 1.807) is 19.1 Å². The van der Waals surface area contributed by atoms with E-state index >= 15 is 0 Å². The van der Waals surface area contributed by atoms with E-state index in [0.717, 1.165) is 0 Å². The van der Waals surface area contributed by atoms with E-state index in [0.29, 0.717) is 4.90 Å². The quantitative estimate of drug-likeness (QED) is 0.181. The van der Waals surface area contributed by atoms with Crippen molar-refractivity contribution in [2.75, 3.05) is 25.5 Å². The molecule has 14 nitrogen and oxygen atoms in total. The summed E-state index contributed by atoms with van der Waals surface area (Å²) in [5.74, 6) is -4.20. The van der Waals surface area contributed by atoms with Gasteiger partial charge in [0.2, 0.25) is 11.8 Å². The number of carbonyl (C=O) groups excluding carboxylic acids is 6. The van der Waals surface area contributed by atoms with Gasteiger partial charge in [-0.2, -0.15) is 0 Å². The highest BCUT2D eigenvalue weighted by Crippen LogP contribution is 2.43. The number of esters is 1. The van der Waals surface area contributed by atoms with Crippen LogP contribution in [0, 0.1) is 5.41 Å². The maximum Gasteiger partial charge on any atom is 0.404 e. The molecule has 1 aromatic rings. The Balaban J connectivity index is 1.31. The molecule has 3 aliphatic rings. The van der Waals surface area contributed by atoms with Crippen LogP contribution >= 0.6 is 11.8 Å². The summed E-state index contributed by atoms with van der Waals surface area (Å²) < 4.78 is 9.99. The Labute approximate surface area is 232 Å². The van der Waals surface area contributed by atoms with Crippen molar-refractivity contribution in [3.63, 3.8) is 0 Å². The van der Waals surface area contributed by atoms with Gasteiger partial charge in [-0.3, -0.25) is 28.9 Å². The monoisotopic (exact) mass is 576 g/mol. The second kappa shape index (κ2) is 11.5. The molecule has 0 aromatic heterocycles. The fourth-order valence-corrected chi connectivity index (χ4v) is 6.46. The zero-order valence-corrected chi connectivity index (χ0v) is 22.3. The number of thioether (sulfide) groups is 1. The molecule has 0 aliphatic carbocycles. The standard InChI is InChI=1S/C25H28N4O10S/c1-2-38-23(36)25(11-39-24(26)37)10-28-20(33)17(21(28)40-12-25)27-16(30)9-5-8-15(22(34)35)29-18(31)13-6-3-4-7-14(13)19(29)32/h3-4,6-7,15,17,21H,2,5,8-12H2,1H3,(H2,26,37)(H,27,30)(H,34,35)/t15?,17?,21-,25?/m1/s1. The largest absolute Gasteiger partial charge is 0.480 e. The lowest BCUT2D eigenvalue weighted by molar-refractivity contribution is -0.165. The number of benzene rings is 1. The second-order valence-electron chi connectivity index (χ2n) is 9.59. The van der Waals surface area contributed by atoms with Crippen molar-refractivity contribution in [2.24, 2.45) is 11.1 Å². The van der Waals surface area contributed by atoms with Crippen LogP contribution in [0.25, 0.3) is 0 Å². The molecule has 3 unspecified atom stereocenters. The Bertz CT molecular complexity index is 1240. The van der Waals surface area contributed by atoms with Gasteiger partial charge in [0.15, 0.2) is 0 Å². The predicted octanol–water partition coefficient (Wildman–Crippen LogP) is -0.0492. The highest BCUT2D eigenvalue weighted by Gasteiger charge is 2.58. The highest BCUT2D eigenvalue weighted by molar-refractivity contribution is 8.00. The summed E-state index contributed by atoms with van der Waals surface area (Å²) in [6.07, 6.45) is -1.33. The van der Waals surface area contributed by atoms with E-state index in [2.05, 4.69) is 5.32 Å². The van der Waals surface area contributed by atoms with Gasteiger partial charge < -0.3 is 30.5 Å². The highest BCUT2D eigenvalue weighted by atomic mass is 32.2. The number of nitrogens with two attached hydrogens (primary N) is 1. The minimum Gasteiger partial charge on any atom is -0.480 e. The molecule has 0 spiro atoms. The number of rotatable bonds is 11. The molecule has 4 atom stereocenters. The number of nitrogens with one attached hydrogen (secondary N) is 1. The Morgan fingerprint density at radius 1 is 1.15 bits per heavy atom. The van der Waals surface area contributed by atoms with Crippen LogP contribution < -0.4 is 11.1 Å². The summed E-state index contributed by atoms with van der Waals surface area (Å²) >= 11 is 1.22. The zero-order valence-electron chi connectivity index (χ0n) is 21.5. The van der Waals surface area contributed by atoms with Gasteiger partial charge in [-0.15, -0.1) is 11.8 Å². The number of nitrogens with zero attached hydrogens (tertiary/aromatic N) is 2. The van der Waals surface area contributed by atoms with Crippen LogP contribution in [0.2, 0.25) is 0 Å². The van der Waals surface area contributed by atoms with Crippen LogP contribution in [0.3, 0.4) is 0 Å². The van der Waals surface area contributed by atoms with E-state index in [-0.39, 0.29) is 55.9 Å². The van der Waals surface area contributed by atoms with Gasteiger partial charge in [0.25, 0.3) is 11.8 Å². The molecule has 40 heavy (non-hydrogen) atoms. The SMILES string of the molecule is CCOC(=O)C1(COC(N)=O)CS[C@@H]2C(NC(=O)CCCC(C(=O)O)N3C(=O)c4ccccc4C3=O)C(=O)N2C1. The molecular formula is C25H28N4O10S. The molecule has 2 saturated heterocycles. The number of amides is 5. The molecule has 3 aliphatic heterocycles. The van der Waals surface area contributed by atoms with Gasteiger partial charge in [0.1, 0.15) is 29.5 Å². The van der Waals surface area contributed by atoms with Crippen LogP contribution in [0.4, 0.5) is 4.79 Å². The number of hydrogen-bond donors (Lipinski definition) is 3. The van der Waals surface area contributed by atoms with E-state index in [1.807, 2.05) is 0 Å². The lowest BCUT2D eigenvalue weighted by Gasteiger charge is -2.53. The number of ether oxygens (including phenoxy) is 2. The number of primary amides is 1. The maximum atomic E-state index is 12.8. The van der Waals surface area contributed by atoms with Gasteiger partial charge >= 0.3 is 18.0 Å². The number of aliphatic carboxylic acids is 1. The minimum atomic E-state index is -1.45. The number of β-lactam (4-membered cyclic amide) rings is 1. The zero-order chi connectivity index (χ0) is 29.2. The molecule has 0 saturated carbocycles. The molecule has 0 radical (unpaired) electrons. The smallest absolute Gasteiger partial charge is 0.404 e. The molecule has 0 bridgehead atoms. The van der Waals surface area contributed by atoms with Crippen LogP contribution in [0.5, 0.6) is 0 Å². The van der Waals surface area contributed by atoms with Crippen LogP contribution in [0.1, 0.15) is 46.9 Å². The molecule has 4 rings (SSSR count). The number of imide groups is 1. The van der Waals surface area contributed by atoms with Gasteiger partial charge in [0, 0.05) is 18.7 Å². The molecule has 15 heteroatoms. The average molecular weight is 577 g/mol. The molecule has 214 valence electrons. The number of carboxylic acid groups (broad SMARTS) is 1. The molecule has 2 fully saturated rings. The lowest BCUT2D eigenvalue weighted by atomic mass is 9.88. The van der Waals surface area contributed by atoms with Crippen molar-refractivity contribution in [3.05, 3.63) is 35.4 Å². The Morgan fingerprint density at radius 2 is 1.80 bits per heavy atom. The minimum absolute atomic E-state index is 0.0368. The topological polar surface area (TPSA) is 203 Å². The van der Waals surface area contributed by atoms with Crippen molar-refractivity contribution in [1.82, 2.24) is 15.1 Å². The summed E-state index contributed by atoms with van der Waals surface area (Å²) in [6.45, 7) is 1.27. The first-order valence-corrected chi connectivity index (χ1v) is 13.6. The summed E-state index contributed by atoms with van der Waals surface area (Å²) in [5, 5.41) is 11.9. The Morgan fingerprint density at radius 3 is 2.38 bits per heavy atom. The van der Waals surface area contributed by atoms with E-state index in [4.69, 9.17) is 15.2 Å². The molecule has 5 amide bonds. The molecule has 3 heterocycles. The van der Waals surface area contributed by atoms with Crippen molar-refractivity contribution < 1.29 is 48.1 Å². The molecule has 4 N–H and O–H groups in total. The van der Waals surface area contributed by atoms with Gasteiger partial charge in [-0.25, -0.2) is 9.59 Å². The molecule has 1 aromatic carbocycles. The third kappa shape index (κ3) is 5.33. The third-order valence-corrected chi connectivity index (χ3v) is 8.55. The third-order valence-electron chi connectivity index (χ3n) is 6.96. The van der Waals surface area contributed by atoms with Crippen molar-refractivity contribution in [2.45, 2.75) is 43.6 Å². The number of carboxylic acids is 1. The summed E-state index contributed by atoms with van der Waals surface area (Å²) in [7, 11) is 0. The van der Waals surface area contributed by atoms with E-state index < -0.39 is 64.5 Å². The summed E-state index contributed by atoms with van der Waals surface area (Å²) in [6, 6.07) is 3.74. The fourth-order valence-electron chi connectivity index (χ4n) is 4.95. The van der Waals surface area contributed by atoms with Crippen LogP contribution in [-0.2, 0) is 28.7 Å². The number of hydrogen-bond acceptors (Lipinski definition) is 10. The van der Waals surface area contributed by atoms with Crippen LogP contribution in [-0.4, -0.2) is 99.5 Å².